The number of hydrogen-bond acceptors (Lipinski definition) is 11. The van der Waals surface area contributed by atoms with Crippen molar-refractivity contribution in [3.05, 3.63) is 0 Å². The number of Topliss-reactive ketones (excluding diaryl/α,β-unsaturated/α-hetero) is 3. The summed E-state index contributed by atoms with van der Waals surface area (Å²) < 4.78 is 0. The smallest absolute Gasteiger partial charge is 0.242 e. The molecule has 0 aromatic heterocycles. The zero-order valence-electron chi connectivity index (χ0n) is 41.6. The predicted octanol–water partition coefficient (Wildman–Crippen LogP) is 8.66. The fraction of sp³-hybridized carbons (Fsp3) is 0.824. The van der Waals surface area contributed by atoms with Gasteiger partial charge in [0, 0.05) is 80.3 Å². The number of rotatable bonds is 14. The van der Waals surface area contributed by atoms with Crippen LogP contribution >= 0.6 is 24.4 Å². The fourth-order valence-corrected chi connectivity index (χ4v) is 11.3. The number of thiol groups is 1. The predicted molar refractivity (Wildman–Crippen MR) is 260 cm³/mol. The minimum atomic E-state index is -0.457. The molecular weight excluding hydrogens is 863 g/mol. The van der Waals surface area contributed by atoms with Crippen molar-refractivity contribution in [3.8, 4) is 0 Å². The first kappa shape index (κ1) is 56.5. The summed E-state index contributed by atoms with van der Waals surface area (Å²) in [7, 11) is 0. The van der Waals surface area contributed by atoms with Crippen LogP contribution in [0.15, 0.2) is 0 Å². The Kier molecular flexibility index (Phi) is 23.1. The van der Waals surface area contributed by atoms with Crippen LogP contribution < -0.4 is 0 Å². The van der Waals surface area contributed by atoms with Crippen molar-refractivity contribution < 1.29 is 43.2 Å². The average molecular weight is 946 g/mol. The highest BCUT2D eigenvalue weighted by atomic mass is 32.2. The quantitative estimate of drug-likeness (QED) is 0.132. The van der Waals surface area contributed by atoms with Gasteiger partial charge in [-0.05, 0) is 107 Å². The van der Waals surface area contributed by atoms with Crippen molar-refractivity contribution in [2.45, 2.75) is 176 Å². The van der Waals surface area contributed by atoms with Crippen LogP contribution in [0, 0.1) is 65.1 Å². The Balaban J connectivity index is 0.000000254. The summed E-state index contributed by atoms with van der Waals surface area (Å²) in [6, 6.07) is 0. The Hall–Kier alpha value is -2.87. The van der Waals surface area contributed by atoms with Crippen molar-refractivity contribution in [3.63, 3.8) is 0 Å². The summed E-state index contributed by atoms with van der Waals surface area (Å²) in [5, 5.41) is -0.641. The van der Waals surface area contributed by atoms with Crippen LogP contribution in [0.2, 0.25) is 0 Å². The number of likely N-dealkylation sites (tertiary alicyclic amines) is 3. The second kappa shape index (κ2) is 26.6. The zero-order valence-corrected chi connectivity index (χ0v) is 43.3. The molecule has 368 valence electrons. The Morgan fingerprint density at radius 2 is 0.800 bits per heavy atom. The molecule has 6 amide bonds. The highest BCUT2D eigenvalue weighted by Gasteiger charge is 2.43. The van der Waals surface area contributed by atoms with Crippen molar-refractivity contribution in [1.29, 1.82) is 0 Å². The Morgan fingerprint density at radius 1 is 0.492 bits per heavy atom. The number of imide groups is 3. The first-order valence-corrected chi connectivity index (χ1v) is 26.8. The van der Waals surface area contributed by atoms with Crippen molar-refractivity contribution in [1.82, 2.24) is 14.7 Å². The van der Waals surface area contributed by atoms with Gasteiger partial charge in [0.2, 0.25) is 35.4 Å². The molecule has 0 aromatic carbocycles. The van der Waals surface area contributed by atoms with Crippen LogP contribution in [0.3, 0.4) is 0 Å². The molecule has 3 aliphatic carbocycles. The van der Waals surface area contributed by atoms with Gasteiger partial charge in [0.05, 0.1) is 10.5 Å². The molecule has 65 heavy (non-hydrogen) atoms. The standard InChI is InChI=1S/C18H29NO3.C16H25NO3S.C15H23NO3S.C2H6/c1-11(2)15-9-16(20)19(18(15)22)10-13-5-7-14(8-6-13)17(21)12(3)4;1-10(2)15(19)12-6-4-11(5-7-12)9-17-14(18)8-13(21-3)16(17)20;1-9(2)14(18)11-5-3-10(4-6-11)8-16-13(17)7-12(20)15(16)19;1-2/h11-15H,5-10H2,1-4H3;10-13H,4-9H2,1-3H3;9-12,20H,3-8H2,1-2H3;1-2H3. The first-order chi connectivity index (χ1) is 30.6. The van der Waals surface area contributed by atoms with Crippen LogP contribution in [0.4, 0.5) is 0 Å². The van der Waals surface area contributed by atoms with E-state index in [1.54, 1.807) is 0 Å². The molecule has 14 heteroatoms. The molecule has 0 spiro atoms. The molecule has 6 fully saturated rings. The fourth-order valence-electron chi connectivity index (χ4n) is 10.4. The molecule has 3 saturated heterocycles. The SMILES string of the molecule is CC.CC(C)C(=O)C1CCC(CN2C(=O)CC(C(C)C)C2=O)CC1.CC(C)C(=O)C1CCC(CN2C(=O)CC(S)C2=O)CC1.CSC1CC(=O)N(CC2CCC(C(=O)C(C)C)CC2)C1=O. The van der Waals surface area contributed by atoms with Gasteiger partial charge in [0.1, 0.15) is 17.3 Å². The minimum absolute atomic E-state index is 0.0101. The maximum Gasteiger partial charge on any atom is 0.242 e. The lowest BCUT2D eigenvalue weighted by atomic mass is 9.77. The van der Waals surface area contributed by atoms with Gasteiger partial charge >= 0.3 is 0 Å². The number of carbonyl (C=O) groups is 9. The van der Waals surface area contributed by atoms with E-state index in [4.69, 9.17) is 0 Å². The summed E-state index contributed by atoms with van der Waals surface area (Å²) in [4.78, 5) is 112. The van der Waals surface area contributed by atoms with Crippen LogP contribution in [-0.2, 0) is 43.2 Å². The lowest BCUT2D eigenvalue weighted by Crippen LogP contribution is -2.37. The summed E-state index contributed by atoms with van der Waals surface area (Å²) in [5.41, 5.74) is 0. The van der Waals surface area contributed by atoms with E-state index in [-0.39, 0.29) is 94.5 Å². The molecule has 0 aromatic rings. The minimum Gasteiger partial charge on any atom is -0.299 e. The molecule has 0 bridgehead atoms. The molecule has 0 N–H and O–H groups in total. The topological polar surface area (TPSA) is 163 Å². The third-order valence-corrected chi connectivity index (χ3v) is 15.9. The molecule has 12 nitrogen and oxygen atoms in total. The number of nitrogens with zero attached hydrogens (tertiary/aromatic N) is 3. The zero-order chi connectivity index (χ0) is 48.9. The largest absolute Gasteiger partial charge is 0.299 e. The molecule has 3 heterocycles. The van der Waals surface area contributed by atoms with E-state index in [1.807, 2.05) is 75.5 Å². The van der Waals surface area contributed by atoms with E-state index >= 15 is 0 Å². The van der Waals surface area contributed by atoms with E-state index in [2.05, 4.69) is 12.6 Å². The molecule has 3 aliphatic heterocycles. The van der Waals surface area contributed by atoms with Crippen molar-refractivity contribution >= 4 is 77.2 Å². The van der Waals surface area contributed by atoms with Gasteiger partial charge in [0.25, 0.3) is 0 Å². The second-order valence-electron chi connectivity index (χ2n) is 20.6. The van der Waals surface area contributed by atoms with E-state index in [0.29, 0.717) is 67.6 Å². The normalized spacial score (nSPS) is 29.5. The average Bonchev–Trinajstić information content (AvgIpc) is 3.83. The monoisotopic (exact) mass is 946 g/mol. The number of amides is 6. The molecule has 3 saturated carbocycles. The van der Waals surface area contributed by atoms with Crippen LogP contribution in [0.1, 0.15) is 166 Å². The summed E-state index contributed by atoms with van der Waals surface area (Å²) in [6.45, 7) is 21.4. The Bertz CT molecular complexity index is 1670. The third-order valence-electron chi connectivity index (χ3n) is 14.6. The van der Waals surface area contributed by atoms with E-state index in [1.165, 1.54) is 26.5 Å². The third kappa shape index (κ3) is 15.6. The van der Waals surface area contributed by atoms with Gasteiger partial charge in [-0.15, -0.1) is 0 Å². The van der Waals surface area contributed by atoms with E-state index < -0.39 is 5.25 Å². The van der Waals surface area contributed by atoms with Crippen LogP contribution in [0.5, 0.6) is 0 Å². The number of carbonyl (C=O) groups excluding carboxylic acids is 9. The lowest BCUT2D eigenvalue weighted by Gasteiger charge is -2.30. The van der Waals surface area contributed by atoms with Gasteiger partial charge in [-0.25, -0.2) is 0 Å². The van der Waals surface area contributed by atoms with Gasteiger partial charge in [0.15, 0.2) is 0 Å². The highest BCUT2D eigenvalue weighted by molar-refractivity contribution is 8.00. The summed E-state index contributed by atoms with van der Waals surface area (Å²) in [5.74, 6) is 2.82. The van der Waals surface area contributed by atoms with Gasteiger partial charge < -0.3 is 0 Å². The van der Waals surface area contributed by atoms with E-state index in [0.717, 1.165) is 77.0 Å². The Labute approximate surface area is 400 Å². The molecule has 3 atom stereocenters. The first-order valence-electron chi connectivity index (χ1n) is 25.0. The molecule has 6 aliphatic rings. The van der Waals surface area contributed by atoms with Crippen LogP contribution in [0.25, 0.3) is 0 Å². The number of thioether (sulfide) groups is 1. The Morgan fingerprint density at radius 3 is 1.06 bits per heavy atom. The lowest BCUT2D eigenvalue weighted by molar-refractivity contribution is -0.142. The molecule has 6 rings (SSSR count). The van der Waals surface area contributed by atoms with Gasteiger partial charge in [-0.1, -0.05) is 69.2 Å². The summed E-state index contributed by atoms with van der Waals surface area (Å²) in [6.07, 6.45) is 13.9. The van der Waals surface area contributed by atoms with Crippen molar-refractivity contribution in [2.24, 2.45) is 65.1 Å². The second-order valence-corrected chi connectivity index (χ2v) is 22.2. The molecule has 0 radical (unpaired) electrons. The summed E-state index contributed by atoms with van der Waals surface area (Å²) >= 11 is 5.59. The van der Waals surface area contributed by atoms with Crippen LogP contribution in [-0.4, -0.2) is 104 Å². The van der Waals surface area contributed by atoms with Gasteiger partial charge in [-0.2, -0.15) is 24.4 Å². The number of ketones is 3. The van der Waals surface area contributed by atoms with Gasteiger partial charge in [-0.3, -0.25) is 57.9 Å². The van der Waals surface area contributed by atoms with E-state index in [9.17, 15) is 43.2 Å². The number of hydrogen-bond donors (Lipinski definition) is 1. The highest BCUT2D eigenvalue weighted by Crippen LogP contribution is 2.36. The maximum atomic E-state index is 12.3. The van der Waals surface area contributed by atoms with Crippen molar-refractivity contribution in [2.75, 3.05) is 25.9 Å². The molecule has 3 unspecified atom stereocenters. The maximum absolute atomic E-state index is 12.3. The molecular formula is C51H83N3O9S2.